The Bertz CT molecular complexity index is 688. The highest BCUT2D eigenvalue weighted by Crippen LogP contribution is 2.23. The van der Waals surface area contributed by atoms with E-state index in [1.807, 2.05) is 36.4 Å². The minimum Gasteiger partial charge on any atom is -0.369 e. The van der Waals surface area contributed by atoms with Crippen LogP contribution in [-0.4, -0.2) is 37.7 Å². The molecule has 3 rings (SSSR count). The Balaban J connectivity index is 1.59. The molecule has 0 atom stereocenters. The maximum absolute atomic E-state index is 10.3. The summed E-state index contributed by atoms with van der Waals surface area (Å²) in [6, 6.07) is 16.1. The summed E-state index contributed by atoms with van der Waals surface area (Å²) in [6.07, 6.45) is 0. The average Bonchev–Trinajstić information content (AvgIpc) is 2.63. The van der Waals surface area contributed by atoms with Crippen LogP contribution in [0.25, 0.3) is 0 Å². The average molecular weight is 323 g/mol. The number of aryl methyl sites for hydroxylation is 1. The van der Waals surface area contributed by atoms with Crippen LogP contribution < -0.4 is 4.90 Å². The van der Waals surface area contributed by atoms with E-state index in [1.165, 1.54) is 11.3 Å². The van der Waals surface area contributed by atoms with Gasteiger partial charge in [0.15, 0.2) is 0 Å². The van der Waals surface area contributed by atoms with Crippen LogP contribution in [0.5, 0.6) is 0 Å². The number of nitroso groups, excluding NO2 is 1. The third-order valence-corrected chi connectivity index (χ3v) is 4.16. The molecule has 0 saturated carbocycles. The van der Waals surface area contributed by atoms with Crippen molar-refractivity contribution in [1.29, 1.82) is 0 Å². The zero-order valence-electron chi connectivity index (χ0n) is 13.8. The second-order valence-electron chi connectivity index (χ2n) is 5.93. The standard InChI is InChI=1S/C18H21N5O/c1-15-2-4-16(5-3-15)20-21-17-6-8-18(9-7-17)23-12-10-22(11-13-23)14-19-24/h2-9H,10-14H2,1H3. The van der Waals surface area contributed by atoms with Gasteiger partial charge in [0.2, 0.25) is 0 Å². The molecule has 6 nitrogen and oxygen atoms in total. The Morgan fingerprint density at radius 2 is 1.38 bits per heavy atom. The summed E-state index contributed by atoms with van der Waals surface area (Å²) >= 11 is 0. The van der Waals surface area contributed by atoms with E-state index in [-0.39, 0.29) is 6.67 Å². The van der Waals surface area contributed by atoms with Gasteiger partial charge in [-0.25, -0.2) is 0 Å². The summed E-state index contributed by atoms with van der Waals surface area (Å²) in [4.78, 5) is 14.7. The minimum atomic E-state index is 0.284. The van der Waals surface area contributed by atoms with E-state index in [1.54, 1.807) is 0 Å². The molecule has 0 unspecified atom stereocenters. The molecule has 0 N–H and O–H groups in total. The third kappa shape index (κ3) is 4.23. The number of rotatable bonds is 5. The van der Waals surface area contributed by atoms with E-state index in [2.05, 4.69) is 44.3 Å². The van der Waals surface area contributed by atoms with Gasteiger partial charge in [0.25, 0.3) is 0 Å². The molecular formula is C18H21N5O. The van der Waals surface area contributed by atoms with Gasteiger partial charge < -0.3 is 4.90 Å². The Kier molecular flexibility index (Phi) is 5.28. The largest absolute Gasteiger partial charge is 0.369 e. The molecule has 0 aliphatic carbocycles. The number of anilines is 1. The molecule has 6 heteroatoms. The van der Waals surface area contributed by atoms with Crippen molar-refractivity contribution in [3.8, 4) is 0 Å². The van der Waals surface area contributed by atoms with Gasteiger partial charge in [0, 0.05) is 31.9 Å². The topological polar surface area (TPSA) is 60.6 Å². The summed E-state index contributed by atoms with van der Waals surface area (Å²) in [6.45, 7) is 5.86. The first kappa shape index (κ1) is 16.3. The van der Waals surface area contributed by atoms with Crippen LogP contribution >= 0.6 is 0 Å². The van der Waals surface area contributed by atoms with Gasteiger partial charge in [-0.2, -0.15) is 10.2 Å². The molecule has 1 heterocycles. The van der Waals surface area contributed by atoms with Crippen molar-refractivity contribution < 1.29 is 0 Å². The molecule has 2 aromatic rings. The number of nitrogens with zero attached hydrogens (tertiary/aromatic N) is 5. The van der Waals surface area contributed by atoms with Crippen molar-refractivity contribution in [2.75, 3.05) is 37.7 Å². The summed E-state index contributed by atoms with van der Waals surface area (Å²) in [5.74, 6) is 0. The van der Waals surface area contributed by atoms with Gasteiger partial charge in [0.1, 0.15) is 6.67 Å². The summed E-state index contributed by atoms with van der Waals surface area (Å²) in [5, 5.41) is 11.5. The van der Waals surface area contributed by atoms with Crippen molar-refractivity contribution in [1.82, 2.24) is 4.90 Å². The smallest absolute Gasteiger partial charge is 0.134 e. The van der Waals surface area contributed by atoms with E-state index in [9.17, 15) is 4.91 Å². The molecule has 1 aliphatic heterocycles. The summed E-state index contributed by atoms with van der Waals surface area (Å²) in [5.41, 5.74) is 4.07. The quantitative estimate of drug-likeness (QED) is 0.610. The van der Waals surface area contributed by atoms with Gasteiger partial charge >= 0.3 is 0 Å². The van der Waals surface area contributed by atoms with E-state index >= 15 is 0 Å². The third-order valence-electron chi connectivity index (χ3n) is 4.16. The van der Waals surface area contributed by atoms with Crippen LogP contribution in [0.15, 0.2) is 63.9 Å². The number of piperazine rings is 1. The van der Waals surface area contributed by atoms with E-state index in [0.29, 0.717) is 0 Å². The molecule has 0 bridgehead atoms. The Morgan fingerprint density at radius 1 is 0.833 bits per heavy atom. The maximum atomic E-state index is 10.3. The summed E-state index contributed by atoms with van der Waals surface area (Å²) in [7, 11) is 0. The van der Waals surface area contributed by atoms with Gasteiger partial charge in [-0.1, -0.05) is 22.9 Å². The zero-order valence-corrected chi connectivity index (χ0v) is 13.8. The SMILES string of the molecule is Cc1ccc(N=Nc2ccc(N3CCN(CN=O)CC3)cc2)cc1. The lowest BCUT2D eigenvalue weighted by Gasteiger charge is -2.34. The van der Waals surface area contributed by atoms with Crippen molar-refractivity contribution in [3.63, 3.8) is 0 Å². The number of hydrogen-bond donors (Lipinski definition) is 0. The second kappa shape index (κ2) is 7.79. The lowest BCUT2D eigenvalue weighted by molar-refractivity contribution is 0.265. The van der Waals surface area contributed by atoms with Crippen LogP contribution in [0.1, 0.15) is 5.56 Å². The monoisotopic (exact) mass is 323 g/mol. The van der Waals surface area contributed by atoms with Gasteiger partial charge in [-0.05, 0) is 43.3 Å². The van der Waals surface area contributed by atoms with E-state index < -0.39 is 0 Å². The molecule has 124 valence electrons. The number of hydrogen-bond acceptors (Lipinski definition) is 6. The minimum absolute atomic E-state index is 0.284. The molecule has 0 spiro atoms. The number of benzene rings is 2. The predicted octanol–water partition coefficient (Wildman–Crippen LogP) is 4.26. The van der Waals surface area contributed by atoms with Gasteiger partial charge in [-0.15, -0.1) is 4.91 Å². The van der Waals surface area contributed by atoms with Crippen molar-refractivity contribution >= 4 is 17.1 Å². The van der Waals surface area contributed by atoms with Crippen LogP contribution in [0.2, 0.25) is 0 Å². The van der Waals surface area contributed by atoms with E-state index in [4.69, 9.17) is 0 Å². The second-order valence-corrected chi connectivity index (χ2v) is 5.93. The van der Waals surface area contributed by atoms with Crippen LogP contribution in [-0.2, 0) is 0 Å². The fraction of sp³-hybridized carbons (Fsp3) is 0.333. The fourth-order valence-corrected chi connectivity index (χ4v) is 2.69. The molecule has 0 amide bonds. The van der Waals surface area contributed by atoms with Gasteiger partial charge in [-0.3, -0.25) is 4.90 Å². The molecule has 1 fully saturated rings. The summed E-state index contributed by atoms with van der Waals surface area (Å²) < 4.78 is 0. The predicted molar refractivity (Wildman–Crippen MR) is 96.2 cm³/mol. The highest BCUT2D eigenvalue weighted by atomic mass is 16.3. The van der Waals surface area contributed by atoms with Crippen LogP contribution in [0.4, 0.5) is 17.1 Å². The van der Waals surface area contributed by atoms with Crippen molar-refractivity contribution in [3.05, 3.63) is 59.0 Å². The van der Waals surface area contributed by atoms with Crippen molar-refractivity contribution in [2.24, 2.45) is 15.4 Å². The lowest BCUT2D eigenvalue weighted by Crippen LogP contribution is -2.46. The Labute approximate surface area is 141 Å². The van der Waals surface area contributed by atoms with Gasteiger partial charge in [0.05, 0.1) is 11.4 Å². The normalized spacial score (nSPS) is 15.8. The molecule has 1 aliphatic rings. The number of azo groups is 1. The first-order valence-electron chi connectivity index (χ1n) is 8.09. The first-order chi connectivity index (χ1) is 11.7. The molecule has 0 aromatic heterocycles. The molecule has 24 heavy (non-hydrogen) atoms. The zero-order chi connectivity index (χ0) is 16.8. The van der Waals surface area contributed by atoms with Crippen LogP contribution in [0.3, 0.4) is 0 Å². The molecule has 0 radical (unpaired) electrons. The van der Waals surface area contributed by atoms with E-state index in [0.717, 1.165) is 37.6 Å². The van der Waals surface area contributed by atoms with Crippen LogP contribution in [0, 0.1) is 11.8 Å². The Morgan fingerprint density at radius 3 is 1.92 bits per heavy atom. The Hall–Kier alpha value is -2.60. The highest BCUT2D eigenvalue weighted by Gasteiger charge is 2.16. The fourth-order valence-electron chi connectivity index (χ4n) is 2.69. The molecule has 2 aromatic carbocycles. The maximum Gasteiger partial charge on any atom is 0.134 e. The highest BCUT2D eigenvalue weighted by molar-refractivity contribution is 5.53. The molecular weight excluding hydrogens is 302 g/mol. The van der Waals surface area contributed by atoms with Crippen molar-refractivity contribution in [2.45, 2.75) is 6.92 Å². The lowest BCUT2D eigenvalue weighted by atomic mass is 10.2. The molecule has 1 saturated heterocycles. The first-order valence-corrected chi connectivity index (χ1v) is 8.09.